The van der Waals surface area contributed by atoms with Crippen LogP contribution in [0.3, 0.4) is 0 Å². The van der Waals surface area contributed by atoms with Gasteiger partial charge in [-0.15, -0.1) is 0 Å². The predicted octanol–water partition coefficient (Wildman–Crippen LogP) is 0.0502. The van der Waals surface area contributed by atoms with Crippen LogP contribution in [0.4, 0.5) is 0 Å². The lowest BCUT2D eigenvalue weighted by Crippen LogP contribution is -2.33. The maximum Gasteiger partial charge on any atom is 0.335 e. The van der Waals surface area contributed by atoms with Gasteiger partial charge in [-0.25, -0.2) is 4.79 Å². The Morgan fingerprint density at radius 1 is 1.05 bits per heavy atom. The predicted molar refractivity (Wildman–Crippen MR) is 69.5 cm³/mol. The van der Waals surface area contributed by atoms with Crippen LogP contribution in [0.25, 0.3) is 0 Å². The second-order valence-electron chi connectivity index (χ2n) is 3.97. The number of hydrogen-bond donors (Lipinski definition) is 3. The lowest BCUT2D eigenvalue weighted by molar-refractivity contribution is 0.0697. The fourth-order valence-corrected chi connectivity index (χ4v) is 1.60. The molecule has 0 unspecified atom stereocenters. The molecule has 0 spiro atoms. The van der Waals surface area contributed by atoms with Gasteiger partial charge in [-0.05, 0) is 24.3 Å². The Kier molecular flexibility index (Phi) is 6.88. The molecule has 1 aromatic carbocycles. The zero-order valence-electron chi connectivity index (χ0n) is 10.7. The Hall–Kier alpha value is -1.63. The van der Waals surface area contributed by atoms with E-state index in [0.717, 1.165) is 0 Å². The Bertz CT molecular complexity index is 373. The van der Waals surface area contributed by atoms with E-state index in [9.17, 15) is 4.79 Å². The summed E-state index contributed by atoms with van der Waals surface area (Å²) in [6.07, 6.45) is 0. The van der Waals surface area contributed by atoms with Crippen molar-refractivity contribution >= 4 is 5.97 Å². The van der Waals surface area contributed by atoms with Crippen molar-refractivity contribution in [3.8, 4) is 5.75 Å². The van der Waals surface area contributed by atoms with E-state index >= 15 is 0 Å². The number of carbonyl (C=O) groups is 1. The van der Waals surface area contributed by atoms with Crippen LogP contribution in [0.15, 0.2) is 24.3 Å². The molecule has 19 heavy (non-hydrogen) atoms. The van der Waals surface area contributed by atoms with Gasteiger partial charge in [0.05, 0.1) is 18.8 Å². The van der Waals surface area contributed by atoms with Crippen molar-refractivity contribution in [3.05, 3.63) is 29.8 Å². The van der Waals surface area contributed by atoms with E-state index in [1.807, 2.05) is 4.90 Å². The number of nitrogens with zero attached hydrogens (tertiary/aromatic N) is 1. The summed E-state index contributed by atoms with van der Waals surface area (Å²) >= 11 is 0. The van der Waals surface area contributed by atoms with Gasteiger partial charge in [0.1, 0.15) is 12.4 Å². The summed E-state index contributed by atoms with van der Waals surface area (Å²) in [7, 11) is 0. The molecule has 0 aromatic heterocycles. The van der Waals surface area contributed by atoms with Gasteiger partial charge in [0.15, 0.2) is 0 Å². The number of aliphatic hydroxyl groups is 2. The molecule has 6 heteroatoms. The van der Waals surface area contributed by atoms with Crippen LogP contribution in [0, 0.1) is 0 Å². The van der Waals surface area contributed by atoms with E-state index in [0.29, 0.717) is 32.0 Å². The average molecular weight is 269 g/mol. The largest absolute Gasteiger partial charge is 0.492 e. The number of aromatic carboxylic acids is 1. The molecular weight excluding hydrogens is 250 g/mol. The quantitative estimate of drug-likeness (QED) is 0.587. The zero-order chi connectivity index (χ0) is 14.1. The zero-order valence-corrected chi connectivity index (χ0v) is 10.7. The second kappa shape index (κ2) is 8.47. The molecule has 106 valence electrons. The minimum absolute atomic E-state index is 0.0350. The highest BCUT2D eigenvalue weighted by Crippen LogP contribution is 2.12. The standard InChI is InChI=1S/C13H19NO5/c15-8-5-14(6-9-16)7-10-19-12-3-1-11(2-4-12)13(17)18/h1-4,15-16H,5-10H2,(H,17,18). The fraction of sp³-hybridized carbons (Fsp3) is 0.462. The summed E-state index contributed by atoms with van der Waals surface area (Å²) in [4.78, 5) is 12.5. The Morgan fingerprint density at radius 2 is 1.63 bits per heavy atom. The highest BCUT2D eigenvalue weighted by molar-refractivity contribution is 5.87. The van der Waals surface area contributed by atoms with E-state index in [-0.39, 0.29) is 18.8 Å². The van der Waals surface area contributed by atoms with E-state index in [2.05, 4.69) is 0 Å². The molecule has 0 aliphatic heterocycles. The van der Waals surface area contributed by atoms with Crippen LogP contribution in [0.1, 0.15) is 10.4 Å². The highest BCUT2D eigenvalue weighted by atomic mass is 16.5. The van der Waals surface area contributed by atoms with Crippen molar-refractivity contribution in [2.45, 2.75) is 0 Å². The van der Waals surface area contributed by atoms with Crippen LogP contribution in [-0.2, 0) is 0 Å². The Balaban J connectivity index is 2.37. The summed E-state index contributed by atoms with van der Waals surface area (Å²) in [5, 5.41) is 26.4. The lowest BCUT2D eigenvalue weighted by Gasteiger charge is -2.20. The molecule has 1 aromatic rings. The molecule has 0 aliphatic rings. The average Bonchev–Trinajstić information content (AvgIpc) is 2.40. The second-order valence-corrected chi connectivity index (χ2v) is 3.97. The Labute approximate surface area is 111 Å². The third-order valence-corrected chi connectivity index (χ3v) is 2.61. The molecule has 0 amide bonds. The number of carboxylic acids is 1. The molecule has 6 nitrogen and oxygen atoms in total. The Morgan fingerprint density at radius 3 is 2.11 bits per heavy atom. The maximum absolute atomic E-state index is 10.7. The first-order chi connectivity index (χ1) is 9.17. The monoisotopic (exact) mass is 269 g/mol. The lowest BCUT2D eigenvalue weighted by atomic mass is 10.2. The topological polar surface area (TPSA) is 90.2 Å². The third-order valence-electron chi connectivity index (χ3n) is 2.61. The molecule has 3 N–H and O–H groups in total. The summed E-state index contributed by atoms with van der Waals surface area (Å²) < 4.78 is 5.47. The first-order valence-corrected chi connectivity index (χ1v) is 6.07. The van der Waals surface area contributed by atoms with Crippen molar-refractivity contribution in [1.82, 2.24) is 4.90 Å². The van der Waals surface area contributed by atoms with E-state index in [1.165, 1.54) is 12.1 Å². The number of ether oxygens (including phenoxy) is 1. The van der Waals surface area contributed by atoms with Crippen molar-refractivity contribution in [1.29, 1.82) is 0 Å². The molecule has 0 bridgehead atoms. The van der Waals surface area contributed by atoms with Gasteiger partial charge >= 0.3 is 5.97 Å². The first kappa shape index (κ1) is 15.4. The molecule has 0 fully saturated rings. The van der Waals surface area contributed by atoms with Crippen molar-refractivity contribution < 1.29 is 24.9 Å². The number of benzene rings is 1. The van der Waals surface area contributed by atoms with E-state index < -0.39 is 5.97 Å². The molecule has 0 atom stereocenters. The van der Waals surface area contributed by atoms with Gasteiger partial charge in [-0.1, -0.05) is 0 Å². The van der Waals surface area contributed by atoms with Gasteiger partial charge in [-0.2, -0.15) is 0 Å². The van der Waals surface area contributed by atoms with Gasteiger partial charge in [-0.3, -0.25) is 4.90 Å². The number of rotatable bonds is 9. The minimum Gasteiger partial charge on any atom is -0.492 e. The maximum atomic E-state index is 10.7. The van der Waals surface area contributed by atoms with Gasteiger partial charge < -0.3 is 20.1 Å². The number of hydrogen-bond acceptors (Lipinski definition) is 5. The van der Waals surface area contributed by atoms with Crippen molar-refractivity contribution in [2.24, 2.45) is 0 Å². The van der Waals surface area contributed by atoms with Crippen LogP contribution in [0.5, 0.6) is 5.75 Å². The molecular formula is C13H19NO5. The molecule has 0 saturated heterocycles. The van der Waals surface area contributed by atoms with Crippen LogP contribution in [0.2, 0.25) is 0 Å². The van der Waals surface area contributed by atoms with Crippen LogP contribution < -0.4 is 4.74 Å². The van der Waals surface area contributed by atoms with E-state index in [1.54, 1.807) is 12.1 Å². The third kappa shape index (κ3) is 5.69. The number of aliphatic hydroxyl groups excluding tert-OH is 2. The molecule has 1 rings (SSSR count). The van der Waals surface area contributed by atoms with E-state index in [4.69, 9.17) is 20.1 Å². The number of carboxylic acid groups (broad SMARTS) is 1. The van der Waals surface area contributed by atoms with Crippen LogP contribution >= 0.6 is 0 Å². The molecule has 0 saturated carbocycles. The first-order valence-electron chi connectivity index (χ1n) is 6.07. The van der Waals surface area contributed by atoms with Gasteiger partial charge in [0.2, 0.25) is 0 Å². The van der Waals surface area contributed by atoms with Crippen molar-refractivity contribution in [2.75, 3.05) is 39.5 Å². The van der Waals surface area contributed by atoms with Crippen molar-refractivity contribution in [3.63, 3.8) is 0 Å². The highest BCUT2D eigenvalue weighted by Gasteiger charge is 2.05. The minimum atomic E-state index is -0.969. The van der Waals surface area contributed by atoms with Crippen LogP contribution in [-0.4, -0.2) is 65.6 Å². The van der Waals surface area contributed by atoms with Gasteiger partial charge in [0, 0.05) is 19.6 Å². The fourth-order valence-electron chi connectivity index (χ4n) is 1.60. The molecule has 0 heterocycles. The summed E-state index contributed by atoms with van der Waals surface area (Å²) in [6, 6.07) is 6.17. The SMILES string of the molecule is O=C(O)c1ccc(OCCN(CCO)CCO)cc1. The summed E-state index contributed by atoms with van der Waals surface area (Å²) in [5.41, 5.74) is 0.217. The summed E-state index contributed by atoms with van der Waals surface area (Å²) in [5.74, 6) is -0.374. The molecule has 0 radical (unpaired) electrons. The smallest absolute Gasteiger partial charge is 0.335 e. The normalized spacial score (nSPS) is 10.7. The van der Waals surface area contributed by atoms with Gasteiger partial charge in [0.25, 0.3) is 0 Å². The summed E-state index contributed by atoms with van der Waals surface area (Å²) in [6.45, 7) is 2.04. The molecule has 0 aliphatic carbocycles.